The molecular weight excluding hydrogens is 272 g/mol. The van der Waals surface area contributed by atoms with Gasteiger partial charge in [0.15, 0.2) is 5.13 Å². The minimum absolute atomic E-state index is 0.437. The molecule has 20 heavy (non-hydrogen) atoms. The maximum absolute atomic E-state index is 11.2. The number of aliphatic carboxylic acids is 1. The third-order valence-corrected chi connectivity index (χ3v) is 4.32. The van der Waals surface area contributed by atoms with Gasteiger partial charge in [-0.3, -0.25) is 4.79 Å². The van der Waals surface area contributed by atoms with Crippen LogP contribution in [-0.2, 0) is 10.2 Å². The SMILES string of the molecule is CCCCC(CCC)Nc1nc(C(C)(C)C(=O)O)cs1. The van der Waals surface area contributed by atoms with Gasteiger partial charge >= 0.3 is 5.97 Å². The molecule has 0 aliphatic rings. The smallest absolute Gasteiger partial charge is 0.315 e. The van der Waals surface area contributed by atoms with E-state index in [1.807, 2.05) is 5.38 Å². The van der Waals surface area contributed by atoms with E-state index in [0.29, 0.717) is 11.7 Å². The van der Waals surface area contributed by atoms with Gasteiger partial charge in [0.2, 0.25) is 0 Å². The number of unbranched alkanes of at least 4 members (excludes halogenated alkanes) is 1. The van der Waals surface area contributed by atoms with Crippen molar-refractivity contribution in [3.63, 3.8) is 0 Å². The minimum atomic E-state index is -0.930. The molecule has 114 valence electrons. The van der Waals surface area contributed by atoms with E-state index >= 15 is 0 Å². The number of nitrogens with zero attached hydrogens (tertiary/aromatic N) is 1. The summed E-state index contributed by atoms with van der Waals surface area (Å²) in [6, 6.07) is 0.437. The molecular formula is C15H26N2O2S. The number of nitrogens with one attached hydrogen (secondary N) is 1. The lowest BCUT2D eigenvalue weighted by Crippen LogP contribution is -2.29. The number of carbonyl (C=O) groups is 1. The summed E-state index contributed by atoms with van der Waals surface area (Å²) in [5.74, 6) is -0.842. The maximum atomic E-state index is 11.2. The molecule has 5 heteroatoms. The Morgan fingerprint density at radius 3 is 2.65 bits per heavy atom. The van der Waals surface area contributed by atoms with Crippen molar-refractivity contribution in [2.45, 2.75) is 71.3 Å². The normalized spacial score (nSPS) is 13.2. The highest BCUT2D eigenvalue weighted by atomic mass is 32.1. The van der Waals surface area contributed by atoms with Gasteiger partial charge in [0.1, 0.15) is 5.41 Å². The molecule has 0 amide bonds. The summed E-state index contributed by atoms with van der Waals surface area (Å²) in [4.78, 5) is 15.7. The summed E-state index contributed by atoms with van der Waals surface area (Å²) in [6.45, 7) is 7.75. The van der Waals surface area contributed by atoms with Crippen LogP contribution in [-0.4, -0.2) is 22.1 Å². The molecule has 0 aliphatic carbocycles. The Bertz CT molecular complexity index is 429. The molecule has 1 rings (SSSR count). The second kappa shape index (κ2) is 7.62. The quantitative estimate of drug-likeness (QED) is 0.714. The van der Waals surface area contributed by atoms with Gasteiger partial charge in [-0.15, -0.1) is 11.3 Å². The lowest BCUT2D eigenvalue weighted by Gasteiger charge is -2.18. The van der Waals surface area contributed by atoms with Crippen LogP contribution in [0.2, 0.25) is 0 Å². The van der Waals surface area contributed by atoms with Crippen LogP contribution in [0.5, 0.6) is 0 Å². The van der Waals surface area contributed by atoms with E-state index in [1.165, 1.54) is 24.2 Å². The second-order valence-corrected chi connectivity index (χ2v) is 6.60. The summed E-state index contributed by atoms with van der Waals surface area (Å²) in [5.41, 5.74) is -0.302. The highest BCUT2D eigenvalue weighted by molar-refractivity contribution is 7.13. The zero-order valence-corrected chi connectivity index (χ0v) is 13.7. The third-order valence-electron chi connectivity index (χ3n) is 3.55. The molecule has 1 unspecified atom stereocenters. The van der Waals surface area contributed by atoms with E-state index in [2.05, 4.69) is 24.1 Å². The van der Waals surface area contributed by atoms with Crippen molar-refractivity contribution in [2.75, 3.05) is 5.32 Å². The van der Waals surface area contributed by atoms with E-state index in [1.54, 1.807) is 13.8 Å². The third kappa shape index (κ3) is 4.47. The molecule has 4 nitrogen and oxygen atoms in total. The highest BCUT2D eigenvalue weighted by Gasteiger charge is 2.32. The standard InChI is InChI=1S/C15H26N2O2S/c1-5-7-9-11(8-6-2)16-14-17-12(10-20-14)15(3,4)13(18)19/h10-11H,5-9H2,1-4H3,(H,16,17)(H,18,19). The van der Waals surface area contributed by atoms with Gasteiger partial charge in [0.25, 0.3) is 0 Å². The molecule has 1 heterocycles. The zero-order valence-electron chi connectivity index (χ0n) is 12.9. The van der Waals surface area contributed by atoms with Crippen molar-refractivity contribution in [1.29, 1.82) is 0 Å². The Kier molecular flexibility index (Phi) is 6.46. The van der Waals surface area contributed by atoms with Gasteiger partial charge in [0, 0.05) is 11.4 Å². The van der Waals surface area contributed by atoms with Crippen LogP contribution in [0.25, 0.3) is 0 Å². The molecule has 1 aromatic heterocycles. The number of carboxylic acid groups (broad SMARTS) is 1. The van der Waals surface area contributed by atoms with E-state index in [9.17, 15) is 9.90 Å². The molecule has 0 aliphatic heterocycles. The van der Waals surface area contributed by atoms with Crippen LogP contribution in [0.4, 0.5) is 5.13 Å². The summed E-state index contributed by atoms with van der Waals surface area (Å²) in [5, 5.41) is 15.4. The largest absolute Gasteiger partial charge is 0.481 e. The van der Waals surface area contributed by atoms with E-state index in [4.69, 9.17) is 0 Å². The Morgan fingerprint density at radius 1 is 1.40 bits per heavy atom. The number of rotatable bonds is 9. The van der Waals surface area contributed by atoms with Crippen molar-refractivity contribution in [3.8, 4) is 0 Å². The van der Waals surface area contributed by atoms with Crippen LogP contribution in [0.3, 0.4) is 0 Å². The van der Waals surface area contributed by atoms with Crippen LogP contribution in [0.15, 0.2) is 5.38 Å². The van der Waals surface area contributed by atoms with Gasteiger partial charge < -0.3 is 10.4 Å². The fourth-order valence-corrected chi connectivity index (χ4v) is 2.96. The van der Waals surface area contributed by atoms with Crippen LogP contribution >= 0.6 is 11.3 Å². The minimum Gasteiger partial charge on any atom is -0.481 e. The van der Waals surface area contributed by atoms with Crippen LogP contribution in [0, 0.1) is 0 Å². The first-order valence-electron chi connectivity index (χ1n) is 7.37. The molecule has 0 bridgehead atoms. The first-order valence-corrected chi connectivity index (χ1v) is 8.25. The molecule has 0 saturated carbocycles. The van der Waals surface area contributed by atoms with Crippen molar-refractivity contribution in [3.05, 3.63) is 11.1 Å². The molecule has 1 atom stereocenters. The fraction of sp³-hybridized carbons (Fsp3) is 0.733. The topological polar surface area (TPSA) is 62.2 Å². The summed E-state index contributed by atoms with van der Waals surface area (Å²) < 4.78 is 0. The average molecular weight is 298 g/mol. The zero-order chi connectivity index (χ0) is 15.2. The number of hydrogen-bond acceptors (Lipinski definition) is 4. The molecule has 0 fully saturated rings. The van der Waals surface area contributed by atoms with Crippen molar-refractivity contribution >= 4 is 22.4 Å². The molecule has 0 saturated heterocycles. The summed E-state index contributed by atoms with van der Waals surface area (Å²) in [7, 11) is 0. The Morgan fingerprint density at radius 2 is 2.10 bits per heavy atom. The number of hydrogen-bond donors (Lipinski definition) is 2. The van der Waals surface area contributed by atoms with Crippen LogP contribution < -0.4 is 5.32 Å². The van der Waals surface area contributed by atoms with Crippen molar-refractivity contribution in [2.24, 2.45) is 0 Å². The van der Waals surface area contributed by atoms with Crippen molar-refractivity contribution in [1.82, 2.24) is 4.98 Å². The Labute approximate surface area is 125 Å². The molecule has 0 spiro atoms. The van der Waals surface area contributed by atoms with Gasteiger partial charge in [-0.05, 0) is 26.7 Å². The van der Waals surface area contributed by atoms with Gasteiger partial charge in [-0.25, -0.2) is 4.98 Å². The van der Waals surface area contributed by atoms with Gasteiger partial charge in [0.05, 0.1) is 5.69 Å². The summed E-state index contributed by atoms with van der Waals surface area (Å²) in [6.07, 6.45) is 5.80. The molecule has 1 aromatic rings. The molecule has 2 N–H and O–H groups in total. The highest BCUT2D eigenvalue weighted by Crippen LogP contribution is 2.28. The Balaban J connectivity index is 2.73. The molecule has 0 aromatic carbocycles. The monoisotopic (exact) mass is 298 g/mol. The second-order valence-electron chi connectivity index (χ2n) is 5.74. The number of thiazole rings is 1. The predicted octanol–water partition coefficient (Wildman–Crippen LogP) is 4.28. The first-order chi connectivity index (χ1) is 9.41. The lowest BCUT2D eigenvalue weighted by atomic mass is 9.90. The fourth-order valence-electron chi connectivity index (χ4n) is 2.00. The lowest BCUT2D eigenvalue weighted by molar-refractivity contribution is -0.142. The number of anilines is 1. The molecule has 0 radical (unpaired) electrons. The van der Waals surface area contributed by atoms with E-state index in [-0.39, 0.29) is 0 Å². The first kappa shape index (κ1) is 17.0. The Hall–Kier alpha value is -1.10. The predicted molar refractivity (Wildman–Crippen MR) is 84.6 cm³/mol. The number of aromatic nitrogens is 1. The van der Waals surface area contributed by atoms with Crippen molar-refractivity contribution < 1.29 is 9.90 Å². The van der Waals surface area contributed by atoms with E-state index in [0.717, 1.165) is 24.4 Å². The average Bonchev–Trinajstić information content (AvgIpc) is 2.85. The van der Waals surface area contributed by atoms with E-state index < -0.39 is 11.4 Å². The van der Waals surface area contributed by atoms with Crippen LogP contribution in [0.1, 0.15) is 65.5 Å². The summed E-state index contributed by atoms with van der Waals surface area (Å²) >= 11 is 1.50. The maximum Gasteiger partial charge on any atom is 0.315 e. The van der Waals surface area contributed by atoms with Gasteiger partial charge in [-0.2, -0.15) is 0 Å². The van der Waals surface area contributed by atoms with Gasteiger partial charge in [-0.1, -0.05) is 33.1 Å². The number of carboxylic acids is 1.